The number of nitrogens with one attached hydrogen (secondary N) is 1. The van der Waals surface area contributed by atoms with Gasteiger partial charge in [-0.25, -0.2) is 9.37 Å². The molecule has 1 unspecified atom stereocenters. The van der Waals surface area contributed by atoms with Crippen LogP contribution in [0.1, 0.15) is 23.7 Å². The molecule has 1 N–H and O–H groups in total. The summed E-state index contributed by atoms with van der Waals surface area (Å²) in [5.74, 6) is -0.0305. The van der Waals surface area contributed by atoms with Crippen LogP contribution in [-0.4, -0.2) is 21.2 Å². The van der Waals surface area contributed by atoms with Crippen LogP contribution in [0.4, 0.5) is 10.1 Å². The average molecular weight is 333 g/mol. The van der Waals surface area contributed by atoms with Crippen molar-refractivity contribution < 1.29 is 9.18 Å². The monoisotopic (exact) mass is 333 g/mol. The molecule has 2 heterocycles. The van der Waals surface area contributed by atoms with Gasteiger partial charge in [-0.3, -0.25) is 14.2 Å². The molecule has 1 atom stereocenters. The van der Waals surface area contributed by atoms with Crippen LogP contribution in [0.5, 0.6) is 0 Å². The van der Waals surface area contributed by atoms with Crippen LogP contribution in [0.25, 0.3) is 0 Å². The molecular weight excluding hydrogens is 317 g/mol. The minimum absolute atomic E-state index is 0.0962. The van der Waals surface area contributed by atoms with Gasteiger partial charge in [-0.1, -0.05) is 17.8 Å². The lowest BCUT2D eigenvalue weighted by molar-refractivity contribution is -0.116. The molecule has 120 valence electrons. The topological polar surface area (TPSA) is 64.0 Å². The first-order valence-electron chi connectivity index (χ1n) is 7.23. The summed E-state index contributed by atoms with van der Waals surface area (Å²) in [5.41, 5.74) is 1.64. The van der Waals surface area contributed by atoms with E-state index in [1.54, 1.807) is 17.6 Å². The Morgan fingerprint density at radius 3 is 3.00 bits per heavy atom. The van der Waals surface area contributed by atoms with E-state index in [4.69, 9.17) is 0 Å². The maximum atomic E-state index is 13.1. The zero-order valence-electron chi connectivity index (χ0n) is 12.8. The van der Waals surface area contributed by atoms with Crippen molar-refractivity contribution in [1.82, 2.24) is 9.55 Å². The second-order valence-corrected chi connectivity index (χ2v) is 6.49. The number of rotatable bonds is 3. The number of thioether (sulfide) groups is 1. The van der Waals surface area contributed by atoms with E-state index in [-0.39, 0.29) is 23.9 Å². The zero-order chi connectivity index (χ0) is 16.6. The number of hydrogen-bond donors (Lipinski definition) is 1. The third-order valence-electron chi connectivity index (χ3n) is 3.85. The van der Waals surface area contributed by atoms with Crippen molar-refractivity contribution in [2.75, 3.05) is 11.1 Å². The number of carbonyl (C=O) groups excluding carboxylic acids is 1. The van der Waals surface area contributed by atoms with Crippen LogP contribution < -0.4 is 10.9 Å². The average Bonchev–Trinajstić information content (AvgIpc) is 2.87. The molecule has 3 rings (SSSR count). The number of anilines is 1. The fourth-order valence-electron chi connectivity index (χ4n) is 2.52. The van der Waals surface area contributed by atoms with E-state index in [1.807, 2.05) is 6.92 Å². The molecule has 2 aromatic rings. The highest BCUT2D eigenvalue weighted by Crippen LogP contribution is 2.32. The molecule has 1 aromatic heterocycles. The van der Waals surface area contributed by atoms with Gasteiger partial charge in [0.25, 0.3) is 5.56 Å². The van der Waals surface area contributed by atoms with Crippen molar-refractivity contribution >= 4 is 23.4 Å². The van der Waals surface area contributed by atoms with Crippen LogP contribution >= 0.6 is 11.8 Å². The molecule has 1 aromatic carbocycles. The number of nitrogens with zero attached hydrogens (tertiary/aromatic N) is 2. The molecule has 0 spiro atoms. The van der Waals surface area contributed by atoms with Gasteiger partial charge in [0, 0.05) is 29.1 Å². The Morgan fingerprint density at radius 2 is 2.26 bits per heavy atom. The number of amides is 1. The Bertz CT molecular complexity index is 835. The Hall–Kier alpha value is -2.15. The van der Waals surface area contributed by atoms with E-state index in [0.717, 1.165) is 5.69 Å². The van der Waals surface area contributed by atoms with Gasteiger partial charge >= 0.3 is 0 Å². The van der Waals surface area contributed by atoms with Crippen molar-refractivity contribution in [3.63, 3.8) is 0 Å². The number of aromatic nitrogens is 2. The molecule has 0 bridgehead atoms. The highest BCUT2D eigenvalue weighted by atomic mass is 32.2. The van der Waals surface area contributed by atoms with Crippen molar-refractivity contribution in [2.45, 2.75) is 31.5 Å². The molecule has 0 radical (unpaired) electrons. The first-order chi connectivity index (χ1) is 11.0. The fraction of sp³-hybridized carbons (Fsp3) is 0.312. The van der Waals surface area contributed by atoms with Gasteiger partial charge in [-0.15, -0.1) is 0 Å². The summed E-state index contributed by atoms with van der Waals surface area (Å²) in [6, 6.07) is 5.50. The Morgan fingerprint density at radius 1 is 1.48 bits per heavy atom. The number of fused-ring (bicyclic) bond motifs is 1. The molecule has 7 heteroatoms. The van der Waals surface area contributed by atoms with Crippen LogP contribution in [0.3, 0.4) is 0 Å². The summed E-state index contributed by atoms with van der Waals surface area (Å²) in [4.78, 5) is 29.0. The summed E-state index contributed by atoms with van der Waals surface area (Å²) in [5, 5.41) is 3.32. The van der Waals surface area contributed by atoms with Gasteiger partial charge in [-0.2, -0.15) is 0 Å². The number of benzene rings is 1. The van der Waals surface area contributed by atoms with Crippen molar-refractivity contribution in [1.29, 1.82) is 0 Å². The summed E-state index contributed by atoms with van der Waals surface area (Å²) in [6.45, 7) is 3.55. The van der Waals surface area contributed by atoms with Gasteiger partial charge in [-0.05, 0) is 32.0 Å². The molecule has 1 amide bonds. The normalized spacial score (nSPS) is 16.2. The van der Waals surface area contributed by atoms with Crippen molar-refractivity contribution in [3.05, 3.63) is 51.7 Å². The van der Waals surface area contributed by atoms with E-state index < -0.39 is 5.82 Å². The number of aryl methyl sites for hydroxylation is 1. The predicted molar refractivity (Wildman–Crippen MR) is 87.4 cm³/mol. The smallest absolute Gasteiger partial charge is 0.257 e. The molecule has 0 fully saturated rings. The SMILES string of the molecule is Cc1nc2n(c(=O)c1C)C(CC(=O)Nc1cccc(F)c1)CS2. The molecule has 0 saturated carbocycles. The number of hydrogen-bond acceptors (Lipinski definition) is 4. The lowest BCUT2D eigenvalue weighted by Gasteiger charge is -2.14. The quantitative estimate of drug-likeness (QED) is 0.877. The maximum Gasteiger partial charge on any atom is 0.257 e. The first kappa shape index (κ1) is 15.7. The highest BCUT2D eigenvalue weighted by molar-refractivity contribution is 7.99. The lowest BCUT2D eigenvalue weighted by atomic mass is 10.2. The molecule has 0 aliphatic carbocycles. The Kier molecular flexibility index (Phi) is 4.21. The molecular formula is C16H16FN3O2S. The third-order valence-corrected chi connectivity index (χ3v) is 4.95. The second kappa shape index (κ2) is 6.16. The lowest BCUT2D eigenvalue weighted by Crippen LogP contribution is -2.29. The Labute approximate surface area is 136 Å². The van der Waals surface area contributed by atoms with E-state index in [9.17, 15) is 14.0 Å². The molecule has 5 nitrogen and oxygen atoms in total. The maximum absolute atomic E-state index is 13.1. The van der Waals surface area contributed by atoms with Gasteiger partial charge in [0.2, 0.25) is 5.91 Å². The van der Waals surface area contributed by atoms with E-state index in [2.05, 4.69) is 10.3 Å². The second-order valence-electron chi connectivity index (χ2n) is 5.51. The summed E-state index contributed by atoms with van der Waals surface area (Å²) in [7, 11) is 0. The van der Waals surface area contributed by atoms with Crippen molar-refractivity contribution in [2.24, 2.45) is 0 Å². The largest absolute Gasteiger partial charge is 0.326 e. The van der Waals surface area contributed by atoms with E-state index in [1.165, 1.54) is 30.0 Å². The van der Waals surface area contributed by atoms with Gasteiger partial charge in [0.05, 0.1) is 6.04 Å². The number of carbonyl (C=O) groups is 1. The van der Waals surface area contributed by atoms with Crippen LogP contribution in [-0.2, 0) is 4.79 Å². The van der Waals surface area contributed by atoms with E-state index >= 15 is 0 Å². The fourth-order valence-corrected chi connectivity index (χ4v) is 3.70. The predicted octanol–water partition coefficient (Wildman–Crippen LogP) is 2.67. The zero-order valence-corrected chi connectivity index (χ0v) is 13.6. The molecule has 1 aliphatic heterocycles. The van der Waals surface area contributed by atoms with Gasteiger partial charge in [0.1, 0.15) is 5.82 Å². The molecule has 1 aliphatic rings. The van der Waals surface area contributed by atoms with Crippen LogP contribution in [0, 0.1) is 19.7 Å². The minimum Gasteiger partial charge on any atom is -0.326 e. The third kappa shape index (κ3) is 3.14. The van der Waals surface area contributed by atoms with Gasteiger partial charge < -0.3 is 5.32 Å². The van der Waals surface area contributed by atoms with Crippen LogP contribution in [0.15, 0.2) is 34.2 Å². The summed E-state index contributed by atoms with van der Waals surface area (Å²) in [6.07, 6.45) is 0.153. The first-order valence-corrected chi connectivity index (χ1v) is 8.22. The minimum atomic E-state index is -0.406. The molecule has 23 heavy (non-hydrogen) atoms. The highest BCUT2D eigenvalue weighted by Gasteiger charge is 2.28. The van der Waals surface area contributed by atoms with E-state index in [0.29, 0.717) is 22.2 Å². The Balaban J connectivity index is 1.77. The van der Waals surface area contributed by atoms with Gasteiger partial charge in [0.15, 0.2) is 5.16 Å². The number of halogens is 1. The van der Waals surface area contributed by atoms with Crippen LogP contribution in [0.2, 0.25) is 0 Å². The standard InChI is InChI=1S/C16H16FN3O2S/c1-9-10(2)18-16-20(15(9)22)13(8-23-16)7-14(21)19-12-5-3-4-11(17)6-12/h3-6,13H,7-8H2,1-2H3,(H,19,21). The molecule has 0 saturated heterocycles. The summed E-state index contributed by atoms with van der Waals surface area (Å²) >= 11 is 1.48. The summed E-state index contributed by atoms with van der Waals surface area (Å²) < 4.78 is 14.7. The van der Waals surface area contributed by atoms with Crippen molar-refractivity contribution in [3.8, 4) is 0 Å².